The average molecular weight is 227 g/mol. The van der Waals surface area contributed by atoms with Gasteiger partial charge >= 0.3 is 5.97 Å². The van der Waals surface area contributed by atoms with E-state index in [-0.39, 0.29) is 12.2 Å². The second kappa shape index (κ2) is 5.63. The summed E-state index contributed by atoms with van der Waals surface area (Å²) < 4.78 is 4.71. The van der Waals surface area contributed by atoms with Gasteiger partial charge in [-0.1, -0.05) is 6.07 Å². The van der Waals surface area contributed by atoms with Crippen LogP contribution in [-0.4, -0.2) is 24.4 Å². The molecule has 0 saturated carbocycles. The van der Waals surface area contributed by atoms with E-state index in [2.05, 4.69) is 0 Å². The first-order chi connectivity index (χ1) is 7.15. The van der Waals surface area contributed by atoms with Gasteiger partial charge in [0.2, 0.25) is 0 Å². The van der Waals surface area contributed by atoms with Crippen LogP contribution in [0, 0.1) is 0 Å². The minimum absolute atomic E-state index is 0.0649. The van der Waals surface area contributed by atoms with Crippen molar-refractivity contribution in [2.45, 2.75) is 19.4 Å². The van der Waals surface area contributed by atoms with Crippen LogP contribution in [0.4, 0.5) is 0 Å². The lowest BCUT2D eigenvalue weighted by Crippen LogP contribution is -2.33. The zero-order valence-corrected chi connectivity index (χ0v) is 9.25. The zero-order chi connectivity index (χ0) is 11.3. The van der Waals surface area contributed by atoms with Crippen molar-refractivity contribution in [1.29, 1.82) is 0 Å². The van der Waals surface area contributed by atoms with Gasteiger partial charge in [-0.15, -0.1) is 11.3 Å². The Labute approximate surface area is 92.0 Å². The average Bonchev–Trinajstić information content (AvgIpc) is 2.69. The van der Waals surface area contributed by atoms with E-state index < -0.39 is 12.0 Å². The standard InChI is InChI=1S/C10H13NO3S/c1-2-14-9(12)6-7(11)10(13)8-4-3-5-15-8/h3-5,7H,2,6,11H2,1H3. The van der Waals surface area contributed by atoms with Gasteiger partial charge in [-0.2, -0.15) is 0 Å². The maximum Gasteiger partial charge on any atom is 0.307 e. The molecule has 4 nitrogen and oxygen atoms in total. The van der Waals surface area contributed by atoms with Gasteiger partial charge in [0.05, 0.1) is 23.9 Å². The minimum Gasteiger partial charge on any atom is -0.466 e. The van der Waals surface area contributed by atoms with Crippen LogP contribution >= 0.6 is 11.3 Å². The lowest BCUT2D eigenvalue weighted by molar-refractivity contribution is -0.143. The predicted molar refractivity (Wildman–Crippen MR) is 57.9 cm³/mol. The number of nitrogens with two attached hydrogens (primary N) is 1. The first-order valence-electron chi connectivity index (χ1n) is 4.64. The molecule has 0 aromatic carbocycles. The van der Waals surface area contributed by atoms with E-state index in [1.165, 1.54) is 11.3 Å². The molecule has 0 aliphatic carbocycles. The smallest absolute Gasteiger partial charge is 0.307 e. The molecule has 0 spiro atoms. The van der Waals surface area contributed by atoms with E-state index in [1.807, 2.05) is 0 Å². The van der Waals surface area contributed by atoms with Crippen molar-refractivity contribution in [2.24, 2.45) is 5.73 Å². The Kier molecular flexibility index (Phi) is 4.45. The molecule has 1 aromatic rings. The fourth-order valence-corrected chi connectivity index (χ4v) is 1.82. The number of ether oxygens (including phenoxy) is 1. The second-order valence-corrected chi connectivity index (χ2v) is 3.90. The summed E-state index contributed by atoms with van der Waals surface area (Å²) in [4.78, 5) is 23.3. The van der Waals surface area contributed by atoms with Gasteiger partial charge in [-0.3, -0.25) is 9.59 Å². The second-order valence-electron chi connectivity index (χ2n) is 2.96. The molecule has 1 rings (SSSR count). The highest BCUT2D eigenvalue weighted by Gasteiger charge is 2.20. The molecule has 1 heterocycles. The minimum atomic E-state index is -0.803. The summed E-state index contributed by atoms with van der Waals surface area (Å²) in [5.41, 5.74) is 5.60. The molecule has 0 saturated heterocycles. The molecule has 0 bridgehead atoms. The summed E-state index contributed by atoms with van der Waals surface area (Å²) in [6, 6.07) is 2.66. The number of thiophene rings is 1. The highest BCUT2D eigenvalue weighted by atomic mass is 32.1. The Morgan fingerprint density at radius 2 is 2.33 bits per heavy atom. The normalized spacial score (nSPS) is 12.1. The van der Waals surface area contributed by atoms with Gasteiger partial charge in [0.15, 0.2) is 5.78 Å². The van der Waals surface area contributed by atoms with Gasteiger partial charge in [0.1, 0.15) is 0 Å². The van der Waals surface area contributed by atoms with Crippen LogP contribution in [0.15, 0.2) is 17.5 Å². The van der Waals surface area contributed by atoms with Gasteiger partial charge < -0.3 is 10.5 Å². The Balaban J connectivity index is 2.51. The SMILES string of the molecule is CCOC(=O)CC(N)C(=O)c1cccs1. The Bertz CT molecular complexity index is 334. The van der Waals surface area contributed by atoms with Crippen molar-refractivity contribution < 1.29 is 14.3 Å². The van der Waals surface area contributed by atoms with Crippen molar-refractivity contribution in [3.05, 3.63) is 22.4 Å². The number of Topliss-reactive ketones (excluding diaryl/α,β-unsaturated/α-hetero) is 1. The number of carbonyl (C=O) groups excluding carboxylic acids is 2. The van der Waals surface area contributed by atoms with Crippen molar-refractivity contribution in [1.82, 2.24) is 0 Å². The van der Waals surface area contributed by atoms with Crippen LogP contribution in [0.25, 0.3) is 0 Å². The number of carbonyl (C=O) groups is 2. The molecule has 0 fully saturated rings. The van der Waals surface area contributed by atoms with Crippen LogP contribution in [0.3, 0.4) is 0 Å². The Hall–Kier alpha value is -1.20. The van der Waals surface area contributed by atoms with Crippen LogP contribution in [0.5, 0.6) is 0 Å². The van der Waals surface area contributed by atoms with E-state index in [9.17, 15) is 9.59 Å². The summed E-state index contributed by atoms with van der Waals surface area (Å²) in [5.74, 6) is -0.645. The summed E-state index contributed by atoms with van der Waals surface area (Å²) in [6.45, 7) is 2.02. The number of hydrogen-bond donors (Lipinski definition) is 1. The monoisotopic (exact) mass is 227 g/mol. The quantitative estimate of drug-likeness (QED) is 0.606. The Morgan fingerprint density at radius 3 is 2.87 bits per heavy atom. The molecular formula is C10H13NO3S. The van der Waals surface area contributed by atoms with Gasteiger partial charge in [0, 0.05) is 0 Å². The van der Waals surface area contributed by atoms with Crippen molar-refractivity contribution in [3.8, 4) is 0 Å². The Morgan fingerprint density at radius 1 is 1.60 bits per heavy atom. The predicted octanol–water partition coefficient (Wildman–Crippen LogP) is 1.21. The van der Waals surface area contributed by atoms with Gasteiger partial charge in [-0.25, -0.2) is 0 Å². The maximum absolute atomic E-state index is 11.6. The fourth-order valence-electron chi connectivity index (χ4n) is 1.09. The zero-order valence-electron chi connectivity index (χ0n) is 8.43. The molecule has 0 radical (unpaired) electrons. The molecule has 1 aromatic heterocycles. The first kappa shape index (κ1) is 11.9. The molecule has 2 N–H and O–H groups in total. The third-order valence-electron chi connectivity index (χ3n) is 1.79. The number of ketones is 1. The molecular weight excluding hydrogens is 214 g/mol. The van der Waals surface area contributed by atoms with Crippen molar-refractivity contribution in [2.75, 3.05) is 6.61 Å². The van der Waals surface area contributed by atoms with E-state index >= 15 is 0 Å². The highest BCUT2D eigenvalue weighted by Crippen LogP contribution is 2.12. The summed E-state index contributed by atoms with van der Waals surface area (Å²) in [6.07, 6.45) is -0.0649. The van der Waals surface area contributed by atoms with Crippen molar-refractivity contribution >= 4 is 23.1 Å². The molecule has 0 aliphatic heterocycles. The summed E-state index contributed by atoms with van der Waals surface area (Å²) in [5, 5.41) is 1.80. The van der Waals surface area contributed by atoms with Crippen LogP contribution in [-0.2, 0) is 9.53 Å². The lowest BCUT2D eigenvalue weighted by atomic mass is 10.1. The number of rotatable bonds is 5. The van der Waals surface area contributed by atoms with Gasteiger partial charge in [-0.05, 0) is 18.4 Å². The molecule has 82 valence electrons. The molecule has 5 heteroatoms. The molecule has 0 aliphatic rings. The molecule has 15 heavy (non-hydrogen) atoms. The highest BCUT2D eigenvalue weighted by molar-refractivity contribution is 7.12. The lowest BCUT2D eigenvalue weighted by Gasteiger charge is -2.08. The summed E-state index contributed by atoms with van der Waals surface area (Å²) in [7, 11) is 0. The van der Waals surface area contributed by atoms with Crippen LogP contribution in [0.1, 0.15) is 23.0 Å². The number of esters is 1. The molecule has 1 unspecified atom stereocenters. The fraction of sp³-hybridized carbons (Fsp3) is 0.400. The van der Waals surface area contributed by atoms with E-state index in [4.69, 9.17) is 10.5 Å². The van der Waals surface area contributed by atoms with E-state index in [1.54, 1.807) is 24.4 Å². The van der Waals surface area contributed by atoms with E-state index in [0.717, 1.165) is 0 Å². The van der Waals surface area contributed by atoms with Crippen molar-refractivity contribution in [3.63, 3.8) is 0 Å². The summed E-state index contributed by atoms with van der Waals surface area (Å²) >= 11 is 1.32. The first-order valence-corrected chi connectivity index (χ1v) is 5.52. The number of hydrogen-bond acceptors (Lipinski definition) is 5. The third kappa shape index (κ3) is 3.45. The third-order valence-corrected chi connectivity index (χ3v) is 2.68. The van der Waals surface area contributed by atoms with E-state index in [0.29, 0.717) is 11.5 Å². The van der Waals surface area contributed by atoms with Crippen LogP contribution in [0.2, 0.25) is 0 Å². The van der Waals surface area contributed by atoms with Gasteiger partial charge in [0.25, 0.3) is 0 Å². The molecule has 1 atom stereocenters. The van der Waals surface area contributed by atoms with Crippen LogP contribution < -0.4 is 5.73 Å². The maximum atomic E-state index is 11.6. The largest absolute Gasteiger partial charge is 0.466 e. The molecule has 0 amide bonds. The topological polar surface area (TPSA) is 69.4 Å².